The van der Waals surface area contributed by atoms with Crippen LogP contribution in [0.4, 0.5) is 10.2 Å². The van der Waals surface area contributed by atoms with Crippen LogP contribution in [0.15, 0.2) is 29.0 Å². The summed E-state index contributed by atoms with van der Waals surface area (Å²) in [6.45, 7) is 0.508. The van der Waals surface area contributed by atoms with Crippen LogP contribution >= 0.6 is 31.9 Å². The molecule has 3 rings (SSSR count). The van der Waals surface area contributed by atoms with E-state index in [0.29, 0.717) is 22.4 Å². The molecule has 0 unspecified atom stereocenters. The summed E-state index contributed by atoms with van der Waals surface area (Å²) in [7, 11) is 0. The number of nitrogens with zero attached hydrogens (tertiary/aromatic N) is 4. The number of aromatic nitrogens is 4. The molecule has 2 aromatic heterocycles. The summed E-state index contributed by atoms with van der Waals surface area (Å²) >= 11 is 6.79. The van der Waals surface area contributed by atoms with Crippen molar-refractivity contribution < 1.29 is 4.39 Å². The van der Waals surface area contributed by atoms with Crippen molar-refractivity contribution in [3.8, 4) is 0 Å². The molecule has 0 spiro atoms. The lowest BCUT2D eigenvalue weighted by Crippen LogP contribution is -2.04. The number of halogens is 3. The van der Waals surface area contributed by atoms with Gasteiger partial charge in [-0.25, -0.2) is 4.98 Å². The van der Waals surface area contributed by atoms with Gasteiger partial charge >= 0.3 is 6.08 Å². The number of nitrogens with two attached hydrogens (primary N) is 1. The summed E-state index contributed by atoms with van der Waals surface area (Å²) in [6, 6.07) is 8.06. The van der Waals surface area contributed by atoms with Gasteiger partial charge in [0, 0.05) is 5.33 Å². The van der Waals surface area contributed by atoms with Crippen LogP contribution in [0.2, 0.25) is 0 Å². The second kappa shape index (κ2) is 5.69. The molecule has 0 bridgehead atoms. The minimum Gasteiger partial charge on any atom is -0.382 e. The number of hydrogen-bond donors (Lipinski definition) is 1. The predicted molar refractivity (Wildman–Crippen MR) is 85.6 cm³/mol. The fraction of sp³-hybridized carbons (Fsp3) is 0.154. The number of fused-ring (bicyclic) bond motifs is 1. The summed E-state index contributed by atoms with van der Waals surface area (Å²) in [5.41, 5.74) is 8.66. The maximum Gasteiger partial charge on any atom is 0.312 e. The number of imidazole rings is 1. The molecule has 8 heteroatoms. The van der Waals surface area contributed by atoms with Gasteiger partial charge in [0.2, 0.25) is 0 Å². The fourth-order valence-corrected chi connectivity index (χ4v) is 2.92. The number of benzene rings is 1. The van der Waals surface area contributed by atoms with Crippen molar-refractivity contribution in [1.82, 2.24) is 19.5 Å². The average Bonchev–Trinajstić information content (AvgIpc) is 2.77. The Hall–Kier alpha value is -1.54. The summed E-state index contributed by atoms with van der Waals surface area (Å²) in [4.78, 5) is 11.5. The quantitative estimate of drug-likeness (QED) is 0.405. The monoisotopic (exact) mass is 413 g/mol. The Morgan fingerprint density at radius 1 is 1.19 bits per heavy atom. The van der Waals surface area contributed by atoms with Gasteiger partial charge in [-0.3, -0.25) is 4.57 Å². The van der Waals surface area contributed by atoms with Crippen molar-refractivity contribution in [2.75, 3.05) is 5.73 Å². The topological polar surface area (TPSA) is 69.6 Å². The maximum absolute atomic E-state index is 13.4. The van der Waals surface area contributed by atoms with E-state index < -0.39 is 6.08 Å². The molecular formula is C13H10Br2FN5. The second-order valence-corrected chi connectivity index (χ2v) is 5.74. The lowest BCUT2D eigenvalue weighted by atomic mass is 10.1. The van der Waals surface area contributed by atoms with Crippen molar-refractivity contribution in [2.24, 2.45) is 0 Å². The largest absolute Gasteiger partial charge is 0.382 e. The van der Waals surface area contributed by atoms with Crippen LogP contribution in [0.3, 0.4) is 0 Å². The standard InChI is InChI=1S/C13H10Br2FN5/c14-5-7-2-1-3-8(4-7)6-21-11-9(18-12(21)15)10(17)19-13(16)20-11/h1-4H,5-6H2,(H2,17,19,20). The molecular weight excluding hydrogens is 405 g/mol. The first-order valence-electron chi connectivity index (χ1n) is 6.07. The molecule has 0 aliphatic heterocycles. The summed E-state index contributed by atoms with van der Waals surface area (Å²) < 4.78 is 15.7. The third-order valence-electron chi connectivity index (χ3n) is 3.03. The van der Waals surface area contributed by atoms with Crippen molar-refractivity contribution >= 4 is 48.8 Å². The minimum absolute atomic E-state index is 0.0335. The molecule has 2 heterocycles. The molecule has 108 valence electrons. The molecule has 1 aromatic carbocycles. The Labute approximate surface area is 136 Å². The third-order valence-corrected chi connectivity index (χ3v) is 4.29. The molecule has 0 atom stereocenters. The van der Waals surface area contributed by atoms with E-state index in [1.165, 1.54) is 0 Å². The van der Waals surface area contributed by atoms with E-state index >= 15 is 0 Å². The molecule has 0 saturated carbocycles. The molecule has 2 N–H and O–H groups in total. The van der Waals surface area contributed by atoms with Crippen LogP contribution < -0.4 is 5.73 Å². The number of nitrogen functional groups attached to an aromatic ring is 1. The van der Waals surface area contributed by atoms with E-state index in [4.69, 9.17) is 5.73 Å². The van der Waals surface area contributed by atoms with Crippen LogP contribution in [0.1, 0.15) is 11.1 Å². The van der Waals surface area contributed by atoms with Gasteiger partial charge in [-0.1, -0.05) is 40.2 Å². The van der Waals surface area contributed by atoms with E-state index in [2.05, 4.69) is 52.9 Å². The molecule has 0 fully saturated rings. The van der Waals surface area contributed by atoms with Gasteiger partial charge in [-0.15, -0.1) is 0 Å². The van der Waals surface area contributed by atoms with Crippen molar-refractivity contribution in [2.45, 2.75) is 11.9 Å². The Bertz CT molecular complexity index is 818. The van der Waals surface area contributed by atoms with Gasteiger partial charge in [0.1, 0.15) is 0 Å². The van der Waals surface area contributed by atoms with Gasteiger partial charge in [0.05, 0.1) is 6.54 Å². The second-order valence-electron chi connectivity index (χ2n) is 4.47. The molecule has 21 heavy (non-hydrogen) atoms. The zero-order valence-corrected chi connectivity index (χ0v) is 13.9. The highest BCUT2D eigenvalue weighted by molar-refractivity contribution is 9.10. The average molecular weight is 415 g/mol. The molecule has 0 aliphatic rings. The first-order valence-corrected chi connectivity index (χ1v) is 7.98. The Morgan fingerprint density at radius 3 is 2.71 bits per heavy atom. The Balaban J connectivity index is 2.09. The van der Waals surface area contributed by atoms with Gasteiger partial charge in [0.25, 0.3) is 0 Å². The smallest absolute Gasteiger partial charge is 0.312 e. The maximum atomic E-state index is 13.4. The summed E-state index contributed by atoms with van der Waals surface area (Å²) in [5, 5.41) is 0.774. The van der Waals surface area contributed by atoms with Crippen molar-refractivity contribution in [1.29, 1.82) is 0 Å². The third kappa shape index (κ3) is 2.77. The van der Waals surface area contributed by atoms with Gasteiger partial charge in [-0.2, -0.15) is 14.4 Å². The van der Waals surface area contributed by atoms with Crippen molar-refractivity contribution in [3.63, 3.8) is 0 Å². The highest BCUT2D eigenvalue weighted by Crippen LogP contribution is 2.23. The first-order chi connectivity index (χ1) is 10.1. The SMILES string of the molecule is Nc1nc(F)nc2c1nc(Br)n2Cc1cccc(CBr)c1. The zero-order chi connectivity index (χ0) is 15.0. The van der Waals surface area contributed by atoms with Crippen LogP contribution in [-0.2, 0) is 11.9 Å². The van der Waals surface area contributed by atoms with Gasteiger partial charge < -0.3 is 5.73 Å². The molecule has 0 radical (unpaired) electrons. The van der Waals surface area contributed by atoms with Crippen molar-refractivity contribution in [3.05, 3.63) is 46.2 Å². The number of alkyl halides is 1. The lowest BCUT2D eigenvalue weighted by Gasteiger charge is -2.07. The summed E-state index contributed by atoms with van der Waals surface area (Å²) in [5.74, 6) is 0.0335. The van der Waals surface area contributed by atoms with Crippen LogP contribution in [-0.4, -0.2) is 19.5 Å². The number of anilines is 1. The van der Waals surface area contributed by atoms with E-state index in [0.717, 1.165) is 16.5 Å². The highest BCUT2D eigenvalue weighted by atomic mass is 79.9. The molecule has 0 aliphatic carbocycles. The van der Waals surface area contributed by atoms with Crippen LogP contribution in [0.5, 0.6) is 0 Å². The van der Waals surface area contributed by atoms with E-state index in [1.807, 2.05) is 18.2 Å². The van der Waals surface area contributed by atoms with Gasteiger partial charge in [0.15, 0.2) is 21.7 Å². The predicted octanol–water partition coefficient (Wildman–Crippen LogP) is 3.25. The molecule has 5 nitrogen and oxygen atoms in total. The van der Waals surface area contributed by atoms with E-state index in [-0.39, 0.29) is 5.82 Å². The molecule has 3 aromatic rings. The molecule has 0 amide bonds. The van der Waals surface area contributed by atoms with Crippen LogP contribution in [0.25, 0.3) is 11.2 Å². The number of rotatable bonds is 3. The van der Waals surface area contributed by atoms with E-state index in [9.17, 15) is 4.39 Å². The summed E-state index contributed by atoms with van der Waals surface area (Å²) in [6.07, 6.45) is -0.858. The van der Waals surface area contributed by atoms with Gasteiger partial charge in [-0.05, 0) is 27.1 Å². The van der Waals surface area contributed by atoms with E-state index in [1.54, 1.807) is 4.57 Å². The Morgan fingerprint density at radius 2 is 1.95 bits per heavy atom. The Kier molecular flexibility index (Phi) is 3.90. The van der Waals surface area contributed by atoms with Crippen LogP contribution in [0, 0.1) is 6.08 Å². The highest BCUT2D eigenvalue weighted by Gasteiger charge is 2.15. The molecule has 0 saturated heterocycles. The first kappa shape index (κ1) is 14.4. The zero-order valence-electron chi connectivity index (χ0n) is 10.7. The normalized spacial score (nSPS) is 11.2. The minimum atomic E-state index is -0.858. The fourth-order valence-electron chi connectivity index (χ4n) is 2.10. The number of hydrogen-bond acceptors (Lipinski definition) is 4. The lowest BCUT2D eigenvalue weighted by molar-refractivity contribution is 0.543.